The summed E-state index contributed by atoms with van der Waals surface area (Å²) in [6.07, 6.45) is 22.8. The topological polar surface area (TPSA) is 163 Å². The van der Waals surface area contributed by atoms with Gasteiger partial charge in [0.1, 0.15) is 0 Å². The van der Waals surface area contributed by atoms with Crippen LogP contribution >= 0.6 is 0 Å². The van der Waals surface area contributed by atoms with Gasteiger partial charge in [0.25, 0.3) is 0 Å². The van der Waals surface area contributed by atoms with E-state index in [0.29, 0.717) is 63.2 Å². The fourth-order valence-electron chi connectivity index (χ4n) is 9.34. The minimum atomic E-state index is -0.391. The minimum absolute atomic E-state index is 0.0176. The number of piperidine rings is 2. The summed E-state index contributed by atoms with van der Waals surface area (Å²) in [5.74, 6) is 1.05. The molecule has 0 aromatic carbocycles. The lowest BCUT2D eigenvalue weighted by molar-refractivity contribution is -0.246. The molecule has 2 aliphatic heterocycles. The summed E-state index contributed by atoms with van der Waals surface area (Å²) in [7, 11) is 0. The third kappa shape index (κ3) is 22.7. The molecule has 2 rings (SSSR count). The second kappa shape index (κ2) is 27.5. The van der Waals surface area contributed by atoms with E-state index in [2.05, 4.69) is 62.8 Å². The molecule has 0 bridgehead atoms. The highest BCUT2D eigenvalue weighted by Gasteiger charge is 2.46. The molecule has 12 nitrogen and oxygen atoms in total. The van der Waals surface area contributed by atoms with Crippen molar-refractivity contribution in [2.24, 2.45) is 11.8 Å². The van der Waals surface area contributed by atoms with Crippen molar-refractivity contribution < 1.29 is 29.6 Å². The smallest absolute Gasteiger partial charge is 0.224 e. The molecule has 4 amide bonds. The molecule has 2 aliphatic rings. The van der Waals surface area contributed by atoms with E-state index in [-0.39, 0.29) is 58.9 Å². The molecule has 62 heavy (non-hydrogen) atoms. The van der Waals surface area contributed by atoms with E-state index in [1.165, 1.54) is 35.8 Å². The summed E-state index contributed by atoms with van der Waals surface area (Å²) in [4.78, 5) is 49.5. The van der Waals surface area contributed by atoms with Crippen LogP contribution in [0.2, 0.25) is 0 Å². The van der Waals surface area contributed by atoms with Gasteiger partial charge in [0, 0.05) is 72.0 Å². The SMILES string of the molecule is CCCCC(=O)NC(/C=C/CC(=O)NC1CC(C)(C)N(O)C(C)(C)C1)CC(C)C.CCCCCCCCC(=O)N[C@H](/C=C/CC(=O)NC1CC(C)(C)N(O)C(C)(C)C1)CC(C)C. The number of amides is 4. The van der Waals surface area contributed by atoms with Crippen LogP contribution in [0.3, 0.4) is 0 Å². The van der Waals surface area contributed by atoms with Crippen molar-refractivity contribution in [3.63, 3.8) is 0 Å². The minimum Gasteiger partial charge on any atom is -0.353 e. The zero-order valence-corrected chi connectivity index (χ0v) is 41.9. The second-order valence-electron chi connectivity index (χ2n) is 21.7. The molecule has 0 spiro atoms. The molecule has 2 atom stereocenters. The van der Waals surface area contributed by atoms with Crippen molar-refractivity contribution in [3.8, 4) is 0 Å². The first kappa shape index (κ1) is 57.2. The predicted molar refractivity (Wildman–Crippen MR) is 254 cm³/mol. The highest BCUT2D eigenvalue weighted by atomic mass is 16.5. The monoisotopic (exact) mass is 875 g/mol. The van der Waals surface area contributed by atoms with E-state index < -0.39 is 11.1 Å². The van der Waals surface area contributed by atoms with E-state index in [9.17, 15) is 29.6 Å². The van der Waals surface area contributed by atoms with Crippen LogP contribution in [0.5, 0.6) is 0 Å². The number of nitrogens with one attached hydrogen (secondary N) is 4. The summed E-state index contributed by atoms with van der Waals surface area (Å²) in [6.45, 7) is 28.8. The van der Waals surface area contributed by atoms with Crippen LogP contribution in [-0.4, -0.2) is 90.5 Å². The van der Waals surface area contributed by atoms with Crippen molar-refractivity contribution in [1.82, 2.24) is 31.4 Å². The molecular formula is C50H94N6O6. The molecule has 1 unspecified atom stereocenters. The standard InChI is InChI=1S/C27H51N3O3.C23H43N3O3/c1-8-9-10-11-12-13-16-24(31)28-22(18-21(2)3)15-14-17-25(32)29-23-19-26(4,5)30(33)27(6,7)20-23;1-8-9-12-20(27)24-18(14-17(2)3)11-10-13-21(28)25-19-15-22(4,5)26(29)23(6,7)16-19/h14-15,21-23,33H,8-13,16-20H2,1-7H3,(H,28,31)(H,29,32);10-11,17-19,29H,8-9,12-16H2,1-7H3,(H,24,27)(H,25,28)/b15-14+;11-10+/t22-;/m1./s1. The highest BCUT2D eigenvalue weighted by molar-refractivity contribution is 5.79. The lowest BCUT2D eigenvalue weighted by atomic mass is 9.79. The molecule has 0 aromatic heterocycles. The number of carbonyl (C=O) groups is 4. The van der Waals surface area contributed by atoms with Gasteiger partial charge in [-0.3, -0.25) is 19.2 Å². The number of carbonyl (C=O) groups excluding carboxylic acids is 4. The molecule has 0 aliphatic carbocycles. The Morgan fingerprint density at radius 2 is 0.855 bits per heavy atom. The van der Waals surface area contributed by atoms with Crippen molar-refractivity contribution in [2.75, 3.05) is 0 Å². The van der Waals surface area contributed by atoms with Gasteiger partial charge >= 0.3 is 0 Å². The van der Waals surface area contributed by atoms with Crippen LogP contribution in [0, 0.1) is 11.8 Å². The van der Waals surface area contributed by atoms with Crippen LogP contribution in [0.4, 0.5) is 0 Å². The molecule has 0 aromatic rings. The molecular weight excluding hydrogens is 781 g/mol. The van der Waals surface area contributed by atoms with Gasteiger partial charge in [-0.15, -0.1) is 0 Å². The van der Waals surface area contributed by atoms with Crippen LogP contribution in [0.1, 0.15) is 213 Å². The van der Waals surface area contributed by atoms with E-state index in [1.807, 2.05) is 79.7 Å². The molecule has 2 fully saturated rings. The van der Waals surface area contributed by atoms with Gasteiger partial charge in [-0.25, -0.2) is 0 Å². The Bertz CT molecular complexity index is 1370. The molecule has 12 heteroatoms. The Kier molecular flexibility index (Phi) is 25.4. The largest absolute Gasteiger partial charge is 0.353 e. The molecule has 0 saturated carbocycles. The third-order valence-corrected chi connectivity index (χ3v) is 12.0. The van der Waals surface area contributed by atoms with Crippen LogP contribution < -0.4 is 21.3 Å². The Labute approximate surface area is 378 Å². The number of rotatable bonds is 24. The molecule has 0 radical (unpaired) electrons. The van der Waals surface area contributed by atoms with Crippen molar-refractivity contribution in [2.45, 2.75) is 259 Å². The fourth-order valence-corrected chi connectivity index (χ4v) is 9.34. The summed E-state index contributed by atoms with van der Waals surface area (Å²) < 4.78 is 0. The van der Waals surface area contributed by atoms with E-state index in [0.717, 1.165) is 38.5 Å². The van der Waals surface area contributed by atoms with Gasteiger partial charge in [0.2, 0.25) is 23.6 Å². The number of hydrogen-bond donors (Lipinski definition) is 6. The Morgan fingerprint density at radius 1 is 0.532 bits per heavy atom. The first-order valence-corrected chi connectivity index (χ1v) is 24.2. The maximum atomic E-state index is 12.6. The van der Waals surface area contributed by atoms with Crippen LogP contribution in [-0.2, 0) is 19.2 Å². The maximum Gasteiger partial charge on any atom is 0.224 e. The lowest BCUT2D eigenvalue weighted by Crippen LogP contribution is -2.62. The number of nitrogens with zero attached hydrogens (tertiary/aromatic N) is 2. The van der Waals surface area contributed by atoms with Crippen LogP contribution in [0.25, 0.3) is 0 Å². The average molecular weight is 875 g/mol. The quantitative estimate of drug-likeness (QED) is 0.0413. The predicted octanol–water partition coefficient (Wildman–Crippen LogP) is 9.92. The van der Waals surface area contributed by atoms with Crippen molar-refractivity contribution in [1.29, 1.82) is 0 Å². The van der Waals surface area contributed by atoms with Gasteiger partial charge in [0.05, 0.1) is 0 Å². The molecule has 2 heterocycles. The lowest BCUT2D eigenvalue weighted by Gasteiger charge is -2.51. The Morgan fingerprint density at radius 3 is 1.19 bits per heavy atom. The van der Waals surface area contributed by atoms with Gasteiger partial charge in [-0.1, -0.05) is 104 Å². The van der Waals surface area contributed by atoms with Gasteiger partial charge in [-0.05, 0) is 119 Å². The first-order valence-electron chi connectivity index (χ1n) is 24.2. The fraction of sp³-hybridized carbons (Fsp3) is 0.840. The zero-order chi connectivity index (χ0) is 47.3. The molecule has 6 N–H and O–H groups in total. The second-order valence-corrected chi connectivity index (χ2v) is 21.7. The molecule has 2 saturated heterocycles. The summed E-state index contributed by atoms with van der Waals surface area (Å²) in [6, 6.07) is -0.0177. The summed E-state index contributed by atoms with van der Waals surface area (Å²) >= 11 is 0. The molecule has 360 valence electrons. The third-order valence-electron chi connectivity index (χ3n) is 12.0. The van der Waals surface area contributed by atoms with Crippen molar-refractivity contribution >= 4 is 23.6 Å². The summed E-state index contributed by atoms with van der Waals surface area (Å²) in [5, 5.41) is 36.1. The van der Waals surface area contributed by atoms with E-state index >= 15 is 0 Å². The highest BCUT2D eigenvalue weighted by Crippen LogP contribution is 2.37. The summed E-state index contributed by atoms with van der Waals surface area (Å²) in [5.41, 5.74) is -1.56. The van der Waals surface area contributed by atoms with Gasteiger partial charge in [-0.2, -0.15) is 10.1 Å². The number of hydroxylamine groups is 4. The number of unbranched alkanes of at least 4 members (excludes halogenated alkanes) is 6. The normalized spacial score (nSPS) is 20.2. The zero-order valence-electron chi connectivity index (χ0n) is 41.9. The van der Waals surface area contributed by atoms with Crippen LogP contribution in [0.15, 0.2) is 24.3 Å². The average Bonchev–Trinajstić information content (AvgIpc) is 3.12. The van der Waals surface area contributed by atoms with E-state index in [1.54, 1.807) is 0 Å². The Balaban J connectivity index is 0.000000625. The van der Waals surface area contributed by atoms with Gasteiger partial charge < -0.3 is 31.7 Å². The Hall–Kier alpha value is -2.80. The van der Waals surface area contributed by atoms with Crippen molar-refractivity contribution in [3.05, 3.63) is 24.3 Å². The van der Waals surface area contributed by atoms with E-state index in [4.69, 9.17) is 0 Å². The first-order chi connectivity index (χ1) is 28.7. The maximum absolute atomic E-state index is 12.6. The number of hydrogen-bond acceptors (Lipinski definition) is 8. The van der Waals surface area contributed by atoms with Gasteiger partial charge in [0.15, 0.2) is 0 Å².